The van der Waals surface area contributed by atoms with Crippen LogP contribution in [-0.2, 0) is 0 Å². The molecule has 0 bridgehead atoms. The summed E-state index contributed by atoms with van der Waals surface area (Å²) in [6.45, 7) is 1.97. The maximum atomic E-state index is 4.30. The molecule has 0 aliphatic carbocycles. The summed E-state index contributed by atoms with van der Waals surface area (Å²) in [5, 5.41) is 0. The van der Waals surface area contributed by atoms with E-state index in [2.05, 4.69) is 15.0 Å². The first kappa shape index (κ1) is 8.23. The van der Waals surface area contributed by atoms with Crippen LogP contribution in [0.25, 0.3) is 16.7 Å². The molecule has 0 radical (unpaired) electrons. The molecule has 0 spiro atoms. The van der Waals surface area contributed by atoms with Crippen LogP contribution in [-0.4, -0.2) is 19.5 Å². The number of fused-ring (bicyclic) bond motifs is 1. The summed E-state index contributed by atoms with van der Waals surface area (Å²) in [5.41, 5.74) is 4.06. The molecule has 4 nitrogen and oxygen atoms in total. The fourth-order valence-electron chi connectivity index (χ4n) is 1.71. The van der Waals surface area contributed by atoms with Gasteiger partial charge in [0, 0.05) is 6.20 Å². The number of hydrogen-bond acceptors (Lipinski definition) is 2. The Morgan fingerprint density at radius 2 is 2.20 bits per heavy atom. The highest BCUT2D eigenvalue weighted by Crippen LogP contribution is 2.18. The maximum absolute atomic E-state index is 4.30. The Morgan fingerprint density at radius 3 is 3.00 bits per heavy atom. The lowest BCUT2D eigenvalue weighted by Gasteiger charge is -2.01. The first-order valence-corrected chi connectivity index (χ1v) is 4.77. The van der Waals surface area contributed by atoms with E-state index in [0.29, 0.717) is 0 Å². The number of nitrogens with zero attached hydrogens (tertiary/aromatic N) is 3. The van der Waals surface area contributed by atoms with Crippen molar-refractivity contribution >= 4 is 11.0 Å². The third kappa shape index (κ3) is 1.22. The van der Waals surface area contributed by atoms with Gasteiger partial charge in [0.2, 0.25) is 0 Å². The van der Waals surface area contributed by atoms with Gasteiger partial charge in [-0.2, -0.15) is 0 Å². The molecule has 0 amide bonds. The molecular weight excluding hydrogens is 188 g/mol. The summed E-state index contributed by atoms with van der Waals surface area (Å²) >= 11 is 0. The Labute approximate surface area is 86.6 Å². The van der Waals surface area contributed by atoms with Crippen LogP contribution in [0.15, 0.2) is 37.1 Å². The zero-order chi connectivity index (χ0) is 10.3. The van der Waals surface area contributed by atoms with E-state index >= 15 is 0 Å². The second-order valence-electron chi connectivity index (χ2n) is 3.50. The van der Waals surface area contributed by atoms with Crippen LogP contribution in [0.4, 0.5) is 0 Å². The van der Waals surface area contributed by atoms with E-state index in [0.717, 1.165) is 22.4 Å². The van der Waals surface area contributed by atoms with E-state index in [1.165, 1.54) is 0 Å². The number of imidazole rings is 2. The minimum absolute atomic E-state index is 0.968. The standard InChI is InChI=1S/C11H10N4/c1-8-5-15(7-14-8)10-4-2-3-9-11(10)13-6-12-9/h2-7H,1H3,(H,12,13). The zero-order valence-electron chi connectivity index (χ0n) is 8.31. The van der Waals surface area contributed by atoms with Crippen molar-refractivity contribution in [2.75, 3.05) is 0 Å². The molecule has 2 heterocycles. The summed E-state index contributed by atoms with van der Waals surface area (Å²) in [6.07, 6.45) is 5.50. The summed E-state index contributed by atoms with van der Waals surface area (Å²) in [5.74, 6) is 0. The van der Waals surface area contributed by atoms with Gasteiger partial charge in [0.25, 0.3) is 0 Å². The van der Waals surface area contributed by atoms with Gasteiger partial charge in [0.15, 0.2) is 0 Å². The lowest BCUT2D eigenvalue weighted by Crippen LogP contribution is -1.90. The van der Waals surface area contributed by atoms with Crippen LogP contribution in [0.2, 0.25) is 0 Å². The highest BCUT2D eigenvalue weighted by Gasteiger charge is 2.04. The first-order valence-electron chi connectivity index (χ1n) is 4.77. The van der Waals surface area contributed by atoms with E-state index in [1.807, 2.05) is 35.9 Å². The molecule has 15 heavy (non-hydrogen) atoms. The molecule has 0 saturated carbocycles. The third-order valence-electron chi connectivity index (χ3n) is 2.42. The van der Waals surface area contributed by atoms with E-state index in [1.54, 1.807) is 12.7 Å². The van der Waals surface area contributed by atoms with Crippen molar-refractivity contribution in [2.24, 2.45) is 0 Å². The number of hydrogen-bond donors (Lipinski definition) is 1. The average molecular weight is 198 g/mol. The van der Waals surface area contributed by atoms with Gasteiger partial charge in [-0.1, -0.05) is 6.07 Å². The van der Waals surface area contributed by atoms with Crippen molar-refractivity contribution in [2.45, 2.75) is 6.92 Å². The summed E-state index contributed by atoms with van der Waals surface area (Å²) < 4.78 is 1.98. The number of H-pyrrole nitrogens is 1. The normalized spacial score (nSPS) is 11.0. The number of para-hydroxylation sites is 1. The Kier molecular flexibility index (Phi) is 1.62. The summed E-state index contributed by atoms with van der Waals surface area (Å²) in [4.78, 5) is 11.6. The van der Waals surface area contributed by atoms with Crippen LogP contribution < -0.4 is 0 Å². The van der Waals surface area contributed by atoms with E-state index < -0.39 is 0 Å². The average Bonchev–Trinajstić information content (AvgIpc) is 2.84. The molecule has 0 fully saturated rings. The lowest BCUT2D eigenvalue weighted by atomic mass is 10.2. The molecule has 3 aromatic rings. The Balaban J connectivity index is 2.30. The van der Waals surface area contributed by atoms with Gasteiger partial charge in [-0.05, 0) is 19.1 Å². The number of nitrogens with one attached hydrogen (secondary N) is 1. The molecular formula is C11H10N4. The highest BCUT2D eigenvalue weighted by molar-refractivity contribution is 5.83. The Hall–Kier alpha value is -2.10. The zero-order valence-corrected chi connectivity index (χ0v) is 8.31. The van der Waals surface area contributed by atoms with E-state index in [9.17, 15) is 0 Å². The largest absolute Gasteiger partial charge is 0.345 e. The van der Waals surface area contributed by atoms with Crippen molar-refractivity contribution in [3.63, 3.8) is 0 Å². The van der Waals surface area contributed by atoms with Gasteiger partial charge in [0.05, 0.1) is 29.6 Å². The van der Waals surface area contributed by atoms with Crippen molar-refractivity contribution in [1.82, 2.24) is 19.5 Å². The molecule has 74 valence electrons. The van der Waals surface area contributed by atoms with Crippen LogP contribution in [0.3, 0.4) is 0 Å². The second-order valence-corrected chi connectivity index (χ2v) is 3.50. The molecule has 0 atom stereocenters. The van der Waals surface area contributed by atoms with E-state index in [-0.39, 0.29) is 0 Å². The fourth-order valence-corrected chi connectivity index (χ4v) is 1.71. The van der Waals surface area contributed by atoms with E-state index in [4.69, 9.17) is 0 Å². The van der Waals surface area contributed by atoms with Crippen LogP contribution in [0, 0.1) is 6.92 Å². The lowest BCUT2D eigenvalue weighted by molar-refractivity contribution is 1.06. The van der Waals surface area contributed by atoms with Gasteiger partial charge in [-0.15, -0.1) is 0 Å². The number of aryl methyl sites for hydroxylation is 1. The summed E-state index contributed by atoms with van der Waals surface area (Å²) in [7, 11) is 0. The molecule has 0 aliphatic rings. The van der Waals surface area contributed by atoms with Gasteiger partial charge in [0.1, 0.15) is 5.52 Å². The number of aromatic nitrogens is 4. The second kappa shape index (κ2) is 2.95. The quantitative estimate of drug-likeness (QED) is 0.650. The highest BCUT2D eigenvalue weighted by atomic mass is 15.1. The van der Waals surface area contributed by atoms with Gasteiger partial charge < -0.3 is 9.55 Å². The minimum atomic E-state index is 0.968. The molecule has 1 aromatic carbocycles. The van der Waals surface area contributed by atoms with Crippen molar-refractivity contribution in [3.8, 4) is 5.69 Å². The van der Waals surface area contributed by atoms with Crippen LogP contribution >= 0.6 is 0 Å². The number of aromatic amines is 1. The Morgan fingerprint density at radius 1 is 1.27 bits per heavy atom. The Bertz CT molecular complexity index is 606. The first-order chi connectivity index (χ1) is 7.34. The van der Waals surface area contributed by atoms with Crippen molar-refractivity contribution < 1.29 is 0 Å². The number of benzene rings is 1. The summed E-state index contributed by atoms with van der Waals surface area (Å²) in [6, 6.07) is 6.05. The topological polar surface area (TPSA) is 46.5 Å². The van der Waals surface area contributed by atoms with Crippen molar-refractivity contribution in [3.05, 3.63) is 42.7 Å². The molecule has 3 rings (SSSR count). The SMILES string of the molecule is Cc1cn(-c2cccc3[nH]cnc23)cn1. The molecule has 0 unspecified atom stereocenters. The fraction of sp³-hybridized carbons (Fsp3) is 0.0909. The number of rotatable bonds is 1. The predicted molar refractivity (Wildman–Crippen MR) is 58.0 cm³/mol. The molecule has 0 aliphatic heterocycles. The third-order valence-corrected chi connectivity index (χ3v) is 2.42. The van der Waals surface area contributed by atoms with Gasteiger partial charge in [-0.25, -0.2) is 9.97 Å². The smallest absolute Gasteiger partial charge is 0.112 e. The molecule has 0 saturated heterocycles. The molecule has 1 N–H and O–H groups in total. The monoisotopic (exact) mass is 198 g/mol. The van der Waals surface area contributed by atoms with Crippen LogP contribution in [0.5, 0.6) is 0 Å². The van der Waals surface area contributed by atoms with Crippen molar-refractivity contribution in [1.29, 1.82) is 0 Å². The van der Waals surface area contributed by atoms with Crippen LogP contribution in [0.1, 0.15) is 5.69 Å². The molecule has 4 heteroatoms. The molecule has 2 aromatic heterocycles. The maximum Gasteiger partial charge on any atom is 0.112 e. The van der Waals surface area contributed by atoms with Gasteiger partial charge >= 0.3 is 0 Å². The predicted octanol–water partition coefficient (Wildman–Crippen LogP) is 2.06. The van der Waals surface area contributed by atoms with Gasteiger partial charge in [-0.3, -0.25) is 0 Å². The minimum Gasteiger partial charge on any atom is -0.345 e.